The number of nitrogens with one attached hydrogen (secondary N) is 1. The number of carbonyl (C=O) groups excluding carboxylic acids is 1. The highest BCUT2D eigenvalue weighted by Crippen LogP contribution is 2.36. The maximum Gasteiger partial charge on any atom is 0.417 e. The molecule has 4 rings (SSSR count). The molecule has 182 valence electrons. The number of halogens is 4. The zero-order valence-electron chi connectivity index (χ0n) is 18.9. The summed E-state index contributed by atoms with van der Waals surface area (Å²) in [6.45, 7) is 4.43. The molecule has 1 aliphatic carbocycles. The van der Waals surface area contributed by atoms with Gasteiger partial charge in [-0.05, 0) is 62.0 Å². The lowest BCUT2D eigenvalue weighted by molar-refractivity contribution is -0.122. The van der Waals surface area contributed by atoms with Crippen molar-refractivity contribution < 1.29 is 27.1 Å². The van der Waals surface area contributed by atoms with Gasteiger partial charge in [-0.15, -0.1) is 0 Å². The van der Waals surface area contributed by atoms with Crippen molar-refractivity contribution in [1.29, 1.82) is 0 Å². The standard InChI is InChI=1S/C25H27F4N3O2/c1-15(25(27,28)29)23-20-8-7-19(34-22-9-11-32(2)14-21(22)26)13-17(20)12-18(31-23)4-3-10-30-24(33)16-5-6-16/h3-4,7-8,12-13,16,21-22H,1,5-6,9-11,14H2,2H3,(H,30,33)/b4-3+/t21-,22+/m0/s1. The van der Waals surface area contributed by atoms with Crippen molar-refractivity contribution >= 4 is 28.3 Å². The molecule has 34 heavy (non-hydrogen) atoms. The molecule has 5 nitrogen and oxygen atoms in total. The number of pyridine rings is 1. The minimum absolute atomic E-state index is 0.0240. The normalized spacial score (nSPS) is 21.7. The van der Waals surface area contributed by atoms with E-state index in [1.165, 1.54) is 12.1 Å². The summed E-state index contributed by atoms with van der Waals surface area (Å²) in [6, 6.07) is 6.26. The minimum Gasteiger partial charge on any atom is -0.487 e. The molecule has 9 heteroatoms. The number of ether oxygens (including phenoxy) is 1. The second-order valence-corrected chi connectivity index (χ2v) is 8.90. The fourth-order valence-electron chi connectivity index (χ4n) is 3.95. The molecule has 2 heterocycles. The van der Waals surface area contributed by atoms with Crippen molar-refractivity contribution in [3.05, 3.63) is 48.3 Å². The number of carbonyl (C=O) groups is 1. The summed E-state index contributed by atoms with van der Waals surface area (Å²) in [4.78, 5) is 17.8. The molecule has 1 saturated carbocycles. The Hall–Kier alpha value is -2.94. The molecule has 0 unspecified atom stereocenters. The van der Waals surface area contributed by atoms with E-state index in [9.17, 15) is 22.4 Å². The summed E-state index contributed by atoms with van der Waals surface area (Å²) < 4.78 is 60.6. The first-order valence-electron chi connectivity index (χ1n) is 11.3. The Morgan fingerprint density at radius 3 is 2.74 bits per heavy atom. The highest BCUT2D eigenvalue weighted by Gasteiger charge is 2.35. The molecule has 2 atom stereocenters. The summed E-state index contributed by atoms with van der Waals surface area (Å²) in [7, 11) is 1.84. The van der Waals surface area contributed by atoms with Gasteiger partial charge in [0.05, 0.1) is 17.0 Å². The Morgan fingerprint density at radius 1 is 1.29 bits per heavy atom. The van der Waals surface area contributed by atoms with Crippen molar-refractivity contribution in [2.75, 3.05) is 26.7 Å². The van der Waals surface area contributed by atoms with Crippen LogP contribution >= 0.6 is 0 Å². The van der Waals surface area contributed by atoms with Crippen LogP contribution in [-0.2, 0) is 4.79 Å². The lowest BCUT2D eigenvalue weighted by Crippen LogP contribution is -2.45. The van der Waals surface area contributed by atoms with Crippen LogP contribution < -0.4 is 10.1 Å². The number of amides is 1. The zero-order valence-corrected chi connectivity index (χ0v) is 18.9. The van der Waals surface area contributed by atoms with Gasteiger partial charge in [0.15, 0.2) is 0 Å². The number of allylic oxidation sites excluding steroid dienone is 1. The number of likely N-dealkylation sites (tertiary alicyclic amines) is 1. The van der Waals surface area contributed by atoms with Crippen molar-refractivity contribution in [2.45, 2.75) is 37.7 Å². The molecule has 2 aromatic rings. The number of benzene rings is 1. The van der Waals surface area contributed by atoms with Gasteiger partial charge >= 0.3 is 6.18 Å². The SMILES string of the molecule is C=C(c1nc(/C=C/CNC(=O)C2CC2)cc2cc(O[C@@H]3CCN(C)C[C@@H]3F)ccc12)C(F)(F)F. The molecular formula is C25H27F4N3O2. The summed E-state index contributed by atoms with van der Waals surface area (Å²) >= 11 is 0. The molecule has 1 saturated heterocycles. The van der Waals surface area contributed by atoms with Crippen LogP contribution in [0.15, 0.2) is 36.9 Å². The predicted octanol–water partition coefficient (Wildman–Crippen LogP) is 4.77. The van der Waals surface area contributed by atoms with Gasteiger partial charge < -0.3 is 15.0 Å². The molecule has 1 amide bonds. The summed E-state index contributed by atoms with van der Waals surface area (Å²) in [5.41, 5.74) is -1.04. The van der Waals surface area contributed by atoms with E-state index < -0.39 is 24.0 Å². The van der Waals surface area contributed by atoms with Crippen LogP contribution in [-0.4, -0.2) is 60.9 Å². The Balaban J connectivity index is 1.60. The number of rotatable bonds is 7. The third-order valence-electron chi connectivity index (χ3n) is 6.05. The molecule has 0 bridgehead atoms. The van der Waals surface area contributed by atoms with E-state index >= 15 is 0 Å². The van der Waals surface area contributed by atoms with E-state index in [1.54, 1.807) is 24.3 Å². The van der Waals surface area contributed by atoms with E-state index in [0.717, 1.165) is 12.8 Å². The third-order valence-corrected chi connectivity index (χ3v) is 6.05. The first-order valence-corrected chi connectivity index (χ1v) is 11.3. The average molecular weight is 478 g/mol. The molecule has 1 N–H and O–H groups in total. The van der Waals surface area contributed by atoms with Gasteiger partial charge in [0.2, 0.25) is 5.91 Å². The number of piperidine rings is 1. The number of aromatic nitrogens is 1. The van der Waals surface area contributed by atoms with Crippen LogP contribution in [0.1, 0.15) is 30.7 Å². The average Bonchev–Trinajstić information content (AvgIpc) is 3.62. The second kappa shape index (κ2) is 9.74. The minimum atomic E-state index is -4.65. The highest BCUT2D eigenvalue weighted by molar-refractivity contribution is 5.94. The van der Waals surface area contributed by atoms with Gasteiger partial charge in [0.25, 0.3) is 0 Å². The number of hydrogen-bond acceptors (Lipinski definition) is 4. The molecule has 0 radical (unpaired) electrons. The van der Waals surface area contributed by atoms with Gasteiger partial charge in [0, 0.05) is 30.9 Å². The largest absolute Gasteiger partial charge is 0.487 e. The van der Waals surface area contributed by atoms with Crippen molar-refractivity contribution in [3.8, 4) is 5.75 Å². The van der Waals surface area contributed by atoms with Crippen LogP contribution in [0.5, 0.6) is 5.75 Å². The third kappa shape index (κ3) is 5.75. The predicted molar refractivity (Wildman–Crippen MR) is 123 cm³/mol. The highest BCUT2D eigenvalue weighted by atomic mass is 19.4. The van der Waals surface area contributed by atoms with Crippen molar-refractivity contribution in [3.63, 3.8) is 0 Å². The molecule has 2 aliphatic rings. The Kier molecular flexibility index (Phi) is 6.93. The van der Waals surface area contributed by atoms with Crippen LogP contribution in [0.4, 0.5) is 17.6 Å². The van der Waals surface area contributed by atoms with E-state index in [0.29, 0.717) is 24.1 Å². The summed E-state index contributed by atoms with van der Waals surface area (Å²) in [5, 5.41) is 3.51. The lowest BCUT2D eigenvalue weighted by Gasteiger charge is -2.32. The van der Waals surface area contributed by atoms with Gasteiger partial charge in [-0.2, -0.15) is 13.2 Å². The molecule has 1 aliphatic heterocycles. The second-order valence-electron chi connectivity index (χ2n) is 8.90. The number of nitrogens with zero attached hydrogens (tertiary/aromatic N) is 2. The molecule has 0 spiro atoms. The van der Waals surface area contributed by atoms with E-state index in [4.69, 9.17) is 4.74 Å². The van der Waals surface area contributed by atoms with Crippen LogP contribution in [0.25, 0.3) is 22.4 Å². The lowest BCUT2D eigenvalue weighted by atomic mass is 10.0. The fourth-order valence-corrected chi connectivity index (χ4v) is 3.95. The van der Waals surface area contributed by atoms with Crippen LogP contribution in [0, 0.1) is 5.92 Å². The molecule has 1 aromatic heterocycles. The smallest absolute Gasteiger partial charge is 0.417 e. The maximum absolute atomic E-state index is 14.4. The summed E-state index contributed by atoms with van der Waals surface area (Å²) in [5.74, 6) is 0.427. The topological polar surface area (TPSA) is 54.5 Å². The Labute approximate surface area is 195 Å². The molecule has 2 fully saturated rings. The maximum atomic E-state index is 14.4. The first kappa shape index (κ1) is 24.2. The van der Waals surface area contributed by atoms with Crippen molar-refractivity contribution in [2.24, 2.45) is 5.92 Å². The number of fused-ring (bicyclic) bond motifs is 1. The zero-order chi connectivity index (χ0) is 24.5. The first-order chi connectivity index (χ1) is 16.1. The monoisotopic (exact) mass is 477 g/mol. The Bertz CT molecular complexity index is 1110. The molecular weight excluding hydrogens is 450 g/mol. The van der Waals surface area contributed by atoms with Gasteiger partial charge in [-0.3, -0.25) is 4.79 Å². The summed E-state index contributed by atoms with van der Waals surface area (Å²) in [6.07, 6.45) is -0.936. The van der Waals surface area contributed by atoms with Crippen molar-refractivity contribution in [1.82, 2.24) is 15.2 Å². The van der Waals surface area contributed by atoms with E-state index in [2.05, 4.69) is 16.9 Å². The van der Waals surface area contributed by atoms with Gasteiger partial charge in [-0.1, -0.05) is 12.7 Å². The van der Waals surface area contributed by atoms with Crippen LogP contribution in [0.3, 0.4) is 0 Å². The quantitative estimate of drug-likeness (QED) is 0.584. The number of hydrogen-bond donors (Lipinski definition) is 1. The Morgan fingerprint density at radius 2 is 2.06 bits per heavy atom. The molecule has 1 aromatic carbocycles. The fraction of sp³-hybridized carbons (Fsp3) is 0.440. The van der Waals surface area contributed by atoms with E-state index in [-0.39, 0.29) is 41.7 Å². The van der Waals surface area contributed by atoms with Gasteiger partial charge in [0.1, 0.15) is 18.0 Å². The van der Waals surface area contributed by atoms with Crippen LogP contribution in [0.2, 0.25) is 0 Å². The van der Waals surface area contributed by atoms with Gasteiger partial charge in [-0.25, -0.2) is 9.37 Å². The number of alkyl halides is 4. The van der Waals surface area contributed by atoms with E-state index in [1.807, 2.05) is 11.9 Å².